The summed E-state index contributed by atoms with van der Waals surface area (Å²) in [6.45, 7) is 5.81. The fourth-order valence-electron chi connectivity index (χ4n) is 5.30. The van der Waals surface area contributed by atoms with Gasteiger partial charge in [0.05, 0.1) is 19.8 Å². The second-order valence-corrected chi connectivity index (χ2v) is 12.0. The maximum absolute atomic E-state index is 10.3. The quantitative estimate of drug-likeness (QED) is 0.0778. The highest BCUT2D eigenvalue weighted by atomic mass is 16.7. The third-order valence-corrected chi connectivity index (χ3v) is 8.09. The number of unbranched alkanes of at least 4 members (excludes halogenated alkanes) is 18. The molecule has 6 atom stereocenters. The van der Waals surface area contributed by atoms with E-state index in [1.807, 2.05) is 0 Å². The minimum absolute atomic E-state index is 0.123. The van der Waals surface area contributed by atoms with Crippen LogP contribution in [0.4, 0.5) is 0 Å². The second kappa shape index (κ2) is 27.2. The van der Waals surface area contributed by atoms with Crippen LogP contribution in [0.1, 0.15) is 142 Å². The summed E-state index contributed by atoms with van der Waals surface area (Å²) in [5, 5.41) is 39.8. The number of aliphatic hydroxyl groups excluding tert-OH is 4. The molecule has 1 heterocycles. The summed E-state index contributed by atoms with van der Waals surface area (Å²) in [5.74, 6) is 0. The van der Waals surface area contributed by atoms with E-state index in [0.717, 1.165) is 19.3 Å². The van der Waals surface area contributed by atoms with Gasteiger partial charge in [-0.15, -0.1) is 0 Å². The number of hydrogen-bond donors (Lipinski definition) is 4. The first-order chi connectivity index (χ1) is 20.0. The molecular formula is C33H66O8. The Kier molecular flexibility index (Phi) is 25.7. The summed E-state index contributed by atoms with van der Waals surface area (Å²) in [7, 11) is 0. The van der Waals surface area contributed by atoms with Crippen molar-refractivity contribution in [3.05, 3.63) is 0 Å². The van der Waals surface area contributed by atoms with Gasteiger partial charge in [0, 0.05) is 13.2 Å². The third kappa shape index (κ3) is 19.6. The van der Waals surface area contributed by atoms with Gasteiger partial charge < -0.3 is 39.4 Å². The highest BCUT2D eigenvalue weighted by Crippen LogP contribution is 2.22. The van der Waals surface area contributed by atoms with Crippen LogP contribution in [0.3, 0.4) is 0 Å². The number of hydrogen-bond acceptors (Lipinski definition) is 8. The molecule has 1 aliphatic heterocycles. The van der Waals surface area contributed by atoms with Gasteiger partial charge in [0.15, 0.2) is 6.29 Å². The Morgan fingerprint density at radius 3 is 1.51 bits per heavy atom. The van der Waals surface area contributed by atoms with Crippen molar-refractivity contribution < 1.29 is 39.4 Å². The maximum atomic E-state index is 10.3. The van der Waals surface area contributed by atoms with Crippen molar-refractivity contribution >= 4 is 0 Å². The van der Waals surface area contributed by atoms with Crippen molar-refractivity contribution in [2.24, 2.45) is 0 Å². The van der Waals surface area contributed by atoms with Crippen molar-refractivity contribution in [1.82, 2.24) is 0 Å². The summed E-state index contributed by atoms with van der Waals surface area (Å²) < 4.78 is 23.3. The normalized spacial score (nSPS) is 23.7. The van der Waals surface area contributed by atoms with Gasteiger partial charge >= 0.3 is 0 Å². The molecule has 0 aromatic rings. The zero-order chi connectivity index (χ0) is 30.0. The predicted molar refractivity (Wildman–Crippen MR) is 164 cm³/mol. The van der Waals surface area contributed by atoms with Crippen LogP contribution >= 0.6 is 0 Å². The van der Waals surface area contributed by atoms with E-state index >= 15 is 0 Å². The Hall–Kier alpha value is -0.320. The molecule has 1 rings (SSSR count). The van der Waals surface area contributed by atoms with Crippen LogP contribution in [0, 0.1) is 0 Å². The molecule has 1 unspecified atom stereocenters. The van der Waals surface area contributed by atoms with Gasteiger partial charge in [-0.25, -0.2) is 0 Å². The minimum atomic E-state index is -1.45. The zero-order valence-corrected chi connectivity index (χ0v) is 26.6. The van der Waals surface area contributed by atoms with Crippen LogP contribution in [0.25, 0.3) is 0 Å². The first kappa shape index (κ1) is 38.7. The highest BCUT2D eigenvalue weighted by Gasteiger charge is 2.44. The summed E-state index contributed by atoms with van der Waals surface area (Å²) >= 11 is 0. The van der Waals surface area contributed by atoms with Gasteiger partial charge in [0.25, 0.3) is 0 Å². The van der Waals surface area contributed by atoms with Gasteiger partial charge in [0.2, 0.25) is 0 Å². The molecule has 0 bridgehead atoms. The molecule has 0 radical (unpaired) electrons. The summed E-state index contributed by atoms with van der Waals surface area (Å²) in [6, 6.07) is 0. The van der Waals surface area contributed by atoms with Crippen LogP contribution in [0.15, 0.2) is 0 Å². The van der Waals surface area contributed by atoms with E-state index in [1.54, 1.807) is 0 Å². The molecule has 0 amide bonds. The van der Waals surface area contributed by atoms with Crippen LogP contribution in [0.2, 0.25) is 0 Å². The highest BCUT2D eigenvalue weighted by molar-refractivity contribution is 4.89. The van der Waals surface area contributed by atoms with E-state index in [1.165, 1.54) is 109 Å². The van der Waals surface area contributed by atoms with Crippen molar-refractivity contribution in [1.29, 1.82) is 0 Å². The second-order valence-electron chi connectivity index (χ2n) is 12.0. The van der Waals surface area contributed by atoms with Gasteiger partial charge in [-0.1, -0.05) is 129 Å². The van der Waals surface area contributed by atoms with Crippen molar-refractivity contribution in [2.45, 2.75) is 179 Å². The molecule has 246 valence electrons. The lowest BCUT2D eigenvalue weighted by atomic mass is 9.99. The summed E-state index contributed by atoms with van der Waals surface area (Å²) in [4.78, 5) is 0. The van der Waals surface area contributed by atoms with Gasteiger partial charge in [-0.05, 0) is 12.8 Å². The van der Waals surface area contributed by atoms with Gasteiger partial charge in [0.1, 0.15) is 30.5 Å². The molecule has 1 saturated heterocycles. The first-order valence-corrected chi connectivity index (χ1v) is 17.2. The van der Waals surface area contributed by atoms with Crippen molar-refractivity contribution in [3.8, 4) is 0 Å². The Labute approximate surface area is 251 Å². The Bertz CT molecular complexity index is 549. The molecule has 0 saturated carbocycles. The molecule has 1 aliphatic rings. The van der Waals surface area contributed by atoms with E-state index in [-0.39, 0.29) is 12.7 Å². The molecule has 4 N–H and O–H groups in total. The fourth-order valence-corrected chi connectivity index (χ4v) is 5.30. The average Bonchev–Trinajstić information content (AvgIpc) is 2.98. The van der Waals surface area contributed by atoms with Gasteiger partial charge in [-0.3, -0.25) is 0 Å². The van der Waals surface area contributed by atoms with E-state index in [2.05, 4.69) is 13.8 Å². The fraction of sp³-hybridized carbons (Fsp3) is 1.00. The van der Waals surface area contributed by atoms with Crippen LogP contribution < -0.4 is 0 Å². The van der Waals surface area contributed by atoms with Crippen molar-refractivity contribution in [2.75, 3.05) is 33.0 Å². The Balaban J connectivity index is 2.29. The van der Waals surface area contributed by atoms with E-state index in [0.29, 0.717) is 19.8 Å². The third-order valence-electron chi connectivity index (χ3n) is 8.09. The SMILES string of the molecule is CCCCCCCCCCCCOCC(CO[C@@H]1O[C@H](CO)[C@H](O)[C@H](O)[C@H]1O)OCCCCCCCCCCCC. The summed E-state index contributed by atoms with van der Waals surface area (Å²) in [6.07, 6.45) is 18.7. The minimum Gasteiger partial charge on any atom is -0.394 e. The van der Waals surface area contributed by atoms with E-state index in [4.69, 9.17) is 18.9 Å². The van der Waals surface area contributed by atoms with Crippen LogP contribution in [0.5, 0.6) is 0 Å². The lowest BCUT2D eigenvalue weighted by Gasteiger charge is -2.39. The van der Waals surface area contributed by atoms with E-state index < -0.39 is 37.3 Å². The molecule has 0 aromatic heterocycles. The Morgan fingerprint density at radius 2 is 1.02 bits per heavy atom. The largest absolute Gasteiger partial charge is 0.394 e. The molecule has 8 heteroatoms. The number of rotatable bonds is 29. The smallest absolute Gasteiger partial charge is 0.186 e. The standard InChI is InChI=1S/C33H66O8/c1-3-5-7-9-11-13-15-17-19-21-23-38-26-28(39-24-22-20-18-16-14-12-10-8-6-4-2)27-40-33-32(37)31(36)30(35)29(25-34)41-33/h28-37H,3-27H2,1-2H3/t28?,29-,30+,31+,32-,33-/m1/s1. The molecular weight excluding hydrogens is 524 g/mol. The van der Waals surface area contributed by atoms with Crippen molar-refractivity contribution in [3.63, 3.8) is 0 Å². The average molecular weight is 591 g/mol. The molecule has 0 aromatic carbocycles. The molecule has 0 spiro atoms. The lowest BCUT2D eigenvalue weighted by Crippen LogP contribution is -2.59. The van der Waals surface area contributed by atoms with Crippen LogP contribution in [-0.2, 0) is 18.9 Å². The Morgan fingerprint density at radius 1 is 0.561 bits per heavy atom. The summed E-state index contributed by atoms with van der Waals surface area (Å²) in [5.41, 5.74) is 0. The molecule has 0 aliphatic carbocycles. The maximum Gasteiger partial charge on any atom is 0.186 e. The number of ether oxygens (including phenoxy) is 4. The van der Waals surface area contributed by atoms with Crippen LogP contribution in [-0.4, -0.2) is 90.3 Å². The first-order valence-electron chi connectivity index (χ1n) is 17.2. The van der Waals surface area contributed by atoms with Gasteiger partial charge in [-0.2, -0.15) is 0 Å². The molecule has 8 nitrogen and oxygen atoms in total. The lowest BCUT2D eigenvalue weighted by molar-refractivity contribution is -0.306. The molecule has 1 fully saturated rings. The number of aliphatic hydroxyl groups is 4. The zero-order valence-electron chi connectivity index (χ0n) is 26.6. The monoisotopic (exact) mass is 590 g/mol. The topological polar surface area (TPSA) is 118 Å². The molecule has 41 heavy (non-hydrogen) atoms. The predicted octanol–water partition coefficient (Wildman–Crippen LogP) is 6.05. The van der Waals surface area contributed by atoms with E-state index in [9.17, 15) is 20.4 Å².